The zero-order valence-electron chi connectivity index (χ0n) is 21.1. The number of nitrogens with zero attached hydrogens (tertiary/aromatic N) is 3. The van der Waals surface area contributed by atoms with Crippen LogP contribution in [0.5, 0.6) is 0 Å². The number of hydrogen-bond acceptors (Lipinski definition) is 5. The molecule has 39 heavy (non-hydrogen) atoms. The Labute approximate surface area is 230 Å². The number of imide groups is 1. The van der Waals surface area contributed by atoms with Gasteiger partial charge >= 0.3 is 0 Å². The monoisotopic (exact) mass is 540 g/mol. The first-order chi connectivity index (χ1) is 18.8. The third-order valence-corrected chi connectivity index (χ3v) is 8.80. The molecule has 0 aromatic heterocycles. The van der Waals surface area contributed by atoms with Gasteiger partial charge in [0.05, 0.1) is 17.5 Å². The van der Waals surface area contributed by atoms with E-state index in [-0.39, 0.29) is 18.4 Å². The molecule has 1 N–H and O–H groups in total. The molecule has 0 aliphatic carbocycles. The van der Waals surface area contributed by atoms with E-state index in [1.54, 1.807) is 35.2 Å². The van der Waals surface area contributed by atoms with Gasteiger partial charge in [0, 0.05) is 34.5 Å². The van der Waals surface area contributed by atoms with E-state index in [2.05, 4.69) is 5.32 Å². The Hall–Kier alpha value is -4.01. The summed E-state index contributed by atoms with van der Waals surface area (Å²) in [6.45, 7) is 2.21. The number of fused-ring (bicyclic) bond motifs is 5. The first-order valence-electron chi connectivity index (χ1n) is 13.0. The summed E-state index contributed by atoms with van der Waals surface area (Å²) < 4.78 is 0. The third-order valence-electron chi connectivity index (χ3n) is 8.56. The first kappa shape index (κ1) is 24.1. The Balaban J connectivity index is 1.28. The molecule has 4 heterocycles. The number of hydrogen-bond donors (Lipinski definition) is 1. The average molecular weight is 541 g/mol. The van der Waals surface area contributed by atoms with Crippen molar-refractivity contribution >= 4 is 52.3 Å². The highest BCUT2D eigenvalue weighted by molar-refractivity contribution is 6.31. The number of amides is 4. The normalized spacial score (nSPS) is 27.0. The van der Waals surface area contributed by atoms with Crippen molar-refractivity contribution in [1.82, 2.24) is 5.32 Å². The maximum absolute atomic E-state index is 14.4. The van der Waals surface area contributed by atoms with Crippen LogP contribution in [0, 0.1) is 11.8 Å². The Morgan fingerprint density at radius 3 is 2.51 bits per heavy atom. The molecule has 0 radical (unpaired) electrons. The average Bonchev–Trinajstić information content (AvgIpc) is 3.63. The molecular weight excluding hydrogens is 516 g/mol. The molecule has 7 rings (SSSR count). The predicted octanol–water partition coefficient (Wildman–Crippen LogP) is 3.27. The zero-order chi connectivity index (χ0) is 27.1. The van der Waals surface area contributed by atoms with Crippen LogP contribution in [0.2, 0.25) is 5.02 Å². The zero-order valence-corrected chi connectivity index (χ0v) is 21.9. The molecule has 0 bridgehead atoms. The van der Waals surface area contributed by atoms with Crippen molar-refractivity contribution in [3.63, 3.8) is 0 Å². The van der Waals surface area contributed by atoms with Gasteiger partial charge in [0.1, 0.15) is 12.1 Å². The maximum Gasteiger partial charge on any atom is 0.253 e. The summed E-state index contributed by atoms with van der Waals surface area (Å²) in [7, 11) is 0. The molecule has 4 aliphatic rings. The number of nitrogens with one attached hydrogen (secondary N) is 1. The van der Waals surface area contributed by atoms with E-state index in [9.17, 15) is 19.2 Å². The standard InChI is InChI=1S/C30H25ClN4O4/c1-17-25-26(28(38)35(27(25)37)20-9-6-8-19(31)15-20)30(32-17)21-10-3-5-12-23(21)34(29(30)39)16-24(36)33-14-13-18-7-2-4-11-22(18)33/h2-12,15,17,25-26,32H,13-14,16H2,1H3/t17-,25+,26-,30-/m0/s1. The lowest BCUT2D eigenvalue weighted by atomic mass is 9.76. The van der Waals surface area contributed by atoms with Crippen molar-refractivity contribution < 1.29 is 19.2 Å². The van der Waals surface area contributed by atoms with Crippen LogP contribution in [0.4, 0.5) is 17.1 Å². The van der Waals surface area contributed by atoms with E-state index >= 15 is 0 Å². The second-order valence-corrected chi connectivity index (χ2v) is 11.0. The lowest BCUT2D eigenvalue weighted by Gasteiger charge is -2.30. The highest BCUT2D eigenvalue weighted by atomic mass is 35.5. The van der Waals surface area contributed by atoms with Crippen LogP contribution in [-0.4, -0.2) is 42.8 Å². The molecule has 1 spiro atoms. The van der Waals surface area contributed by atoms with Gasteiger partial charge in [0.15, 0.2) is 0 Å². The van der Waals surface area contributed by atoms with Gasteiger partial charge in [-0.3, -0.25) is 24.5 Å². The number of halogens is 1. The Morgan fingerprint density at radius 2 is 1.72 bits per heavy atom. The Kier molecular flexibility index (Phi) is 5.24. The number of anilines is 3. The molecule has 2 saturated heterocycles. The summed E-state index contributed by atoms with van der Waals surface area (Å²) in [6.07, 6.45) is 0.759. The SMILES string of the molecule is C[C@@H]1N[C@]2(C(=O)N(CC(=O)N3CCc4ccccc43)c3ccccc32)[C@@H]2C(=O)N(c3cccc(Cl)c3)C(=O)[C@H]12. The number of benzene rings is 3. The fourth-order valence-electron chi connectivity index (χ4n) is 6.95. The molecule has 196 valence electrons. The van der Waals surface area contributed by atoms with Crippen molar-refractivity contribution in [3.05, 3.63) is 88.9 Å². The molecule has 0 unspecified atom stereocenters. The second kappa shape index (κ2) is 8.49. The van der Waals surface area contributed by atoms with E-state index in [1.807, 2.05) is 49.4 Å². The van der Waals surface area contributed by atoms with Gasteiger partial charge in [-0.1, -0.05) is 54.1 Å². The summed E-state index contributed by atoms with van der Waals surface area (Å²) in [5.74, 6) is -3.10. The van der Waals surface area contributed by atoms with Crippen LogP contribution in [0.1, 0.15) is 18.1 Å². The summed E-state index contributed by atoms with van der Waals surface area (Å²) in [5.41, 5.74) is 2.07. The molecule has 2 fully saturated rings. The summed E-state index contributed by atoms with van der Waals surface area (Å²) in [4.78, 5) is 60.0. The van der Waals surface area contributed by atoms with Crippen molar-refractivity contribution in [3.8, 4) is 0 Å². The van der Waals surface area contributed by atoms with Crippen molar-refractivity contribution in [1.29, 1.82) is 0 Å². The first-order valence-corrected chi connectivity index (χ1v) is 13.4. The second-order valence-electron chi connectivity index (χ2n) is 10.6. The fraction of sp³-hybridized carbons (Fsp3) is 0.267. The van der Waals surface area contributed by atoms with E-state index in [4.69, 9.17) is 11.6 Å². The number of rotatable bonds is 3. The third kappa shape index (κ3) is 3.22. The lowest BCUT2D eigenvalue weighted by Crippen LogP contribution is -2.56. The minimum atomic E-state index is -1.45. The lowest BCUT2D eigenvalue weighted by molar-refractivity contribution is -0.132. The topological polar surface area (TPSA) is 90.0 Å². The molecular formula is C30H25ClN4O4. The molecule has 3 aromatic carbocycles. The van der Waals surface area contributed by atoms with Gasteiger partial charge < -0.3 is 9.80 Å². The van der Waals surface area contributed by atoms with E-state index in [0.29, 0.717) is 28.5 Å². The highest BCUT2D eigenvalue weighted by Crippen LogP contribution is 2.55. The molecule has 9 heteroatoms. The predicted molar refractivity (Wildman–Crippen MR) is 146 cm³/mol. The van der Waals surface area contributed by atoms with Gasteiger partial charge in [-0.25, -0.2) is 4.90 Å². The van der Waals surface area contributed by atoms with Gasteiger partial charge in [-0.05, 0) is 49.2 Å². The summed E-state index contributed by atoms with van der Waals surface area (Å²) >= 11 is 6.17. The van der Waals surface area contributed by atoms with Crippen LogP contribution in [0.25, 0.3) is 0 Å². The van der Waals surface area contributed by atoms with Crippen molar-refractivity contribution in [2.24, 2.45) is 11.8 Å². The van der Waals surface area contributed by atoms with E-state index in [0.717, 1.165) is 22.6 Å². The van der Waals surface area contributed by atoms with E-state index < -0.39 is 35.2 Å². The van der Waals surface area contributed by atoms with Gasteiger partial charge in [-0.2, -0.15) is 0 Å². The quantitative estimate of drug-likeness (QED) is 0.515. The fourth-order valence-corrected chi connectivity index (χ4v) is 7.14. The Bertz CT molecular complexity index is 1590. The number of para-hydroxylation sites is 2. The molecule has 8 nitrogen and oxygen atoms in total. The van der Waals surface area contributed by atoms with E-state index in [1.165, 1.54) is 4.90 Å². The summed E-state index contributed by atoms with van der Waals surface area (Å²) in [5, 5.41) is 3.76. The van der Waals surface area contributed by atoms with Crippen LogP contribution >= 0.6 is 11.6 Å². The number of carbonyl (C=O) groups is 4. The maximum atomic E-state index is 14.4. The number of carbonyl (C=O) groups excluding carboxylic acids is 4. The molecule has 4 amide bonds. The van der Waals surface area contributed by atoms with Crippen LogP contribution < -0.4 is 20.0 Å². The minimum Gasteiger partial charge on any atom is -0.310 e. The molecule has 3 aromatic rings. The van der Waals surface area contributed by atoms with Gasteiger partial charge in [0.25, 0.3) is 5.91 Å². The minimum absolute atomic E-state index is 0.167. The summed E-state index contributed by atoms with van der Waals surface area (Å²) in [6, 6.07) is 21.1. The highest BCUT2D eigenvalue weighted by Gasteiger charge is 2.71. The molecule has 4 atom stereocenters. The Morgan fingerprint density at radius 1 is 0.974 bits per heavy atom. The van der Waals surface area contributed by atoms with Crippen molar-refractivity contribution in [2.75, 3.05) is 27.8 Å². The van der Waals surface area contributed by atoms with Crippen LogP contribution in [0.3, 0.4) is 0 Å². The smallest absolute Gasteiger partial charge is 0.253 e. The van der Waals surface area contributed by atoms with Gasteiger partial charge in [-0.15, -0.1) is 0 Å². The molecule has 4 aliphatic heterocycles. The van der Waals surface area contributed by atoms with Crippen LogP contribution in [0.15, 0.2) is 72.8 Å². The molecule has 0 saturated carbocycles. The van der Waals surface area contributed by atoms with Gasteiger partial charge in [0.2, 0.25) is 17.7 Å². The van der Waals surface area contributed by atoms with Crippen LogP contribution in [-0.2, 0) is 31.1 Å². The van der Waals surface area contributed by atoms with Crippen molar-refractivity contribution in [2.45, 2.75) is 24.9 Å². The largest absolute Gasteiger partial charge is 0.310 e.